The summed E-state index contributed by atoms with van der Waals surface area (Å²) in [6.07, 6.45) is 0.114. The SMILES string of the molecule is CNC(=O)CNC(=O)N1CCN(CCC(=O)O)CC1. The second-order valence-corrected chi connectivity index (χ2v) is 4.30. The Hall–Kier alpha value is -1.83. The molecule has 0 aliphatic carbocycles. The van der Waals surface area contributed by atoms with Crippen LogP contribution in [0.1, 0.15) is 6.42 Å². The van der Waals surface area contributed by atoms with Crippen LogP contribution in [-0.4, -0.2) is 79.1 Å². The fourth-order valence-electron chi connectivity index (χ4n) is 1.78. The number of carbonyl (C=O) groups excluding carboxylic acids is 2. The Bertz CT molecular complexity index is 340. The van der Waals surface area contributed by atoms with Gasteiger partial charge in [0.2, 0.25) is 5.91 Å². The number of likely N-dealkylation sites (N-methyl/N-ethyl adjacent to an activating group) is 1. The van der Waals surface area contributed by atoms with Crippen molar-refractivity contribution in [3.8, 4) is 0 Å². The van der Waals surface area contributed by atoms with Crippen LogP contribution in [0.2, 0.25) is 0 Å². The maximum atomic E-state index is 11.7. The lowest BCUT2D eigenvalue weighted by Crippen LogP contribution is -2.53. The molecule has 0 saturated carbocycles. The molecule has 0 aromatic carbocycles. The zero-order valence-corrected chi connectivity index (χ0v) is 11.0. The number of nitrogens with one attached hydrogen (secondary N) is 2. The van der Waals surface area contributed by atoms with Gasteiger partial charge >= 0.3 is 12.0 Å². The van der Waals surface area contributed by atoms with Crippen LogP contribution in [-0.2, 0) is 9.59 Å². The molecule has 1 aliphatic heterocycles. The molecule has 1 fully saturated rings. The molecule has 1 heterocycles. The van der Waals surface area contributed by atoms with Crippen LogP contribution < -0.4 is 10.6 Å². The van der Waals surface area contributed by atoms with Crippen LogP contribution in [0.4, 0.5) is 4.79 Å². The largest absolute Gasteiger partial charge is 0.481 e. The Morgan fingerprint density at radius 1 is 1.16 bits per heavy atom. The molecule has 3 amide bonds. The van der Waals surface area contributed by atoms with Gasteiger partial charge in [-0.2, -0.15) is 0 Å². The molecule has 8 heteroatoms. The van der Waals surface area contributed by atoms with Gasteiger partial charge in [0.15, 0.2) is 0 Å². The minimum atomic E-state index is -0.814. The Morgan fingerprint density at radius 3 is 2.32 bits per heavy atom. The third kappa shape index (κ3) is 5.56. The molecule has 3 N–H and O–H groups in total. The zero-order valence-electron chi connectivity index (χ0n) is 11.0. The Balaban J connectivity index is 2.23. The van der Waals surface area contributed by atoms with Gasteiger partial charge < -0.3 is 20.6 Å². The molecule has 0 bridgehead atoms. The van der Waals surface area contributed by atoms with E-state index >= 15 is 0 Å². The minimum Gasteiger partial charge on any atom is -0.481 e. The average molecular weight is 272 g/mol. The molecule has 1 saturated heterocycles. The van der Waals surface area contributed by atoms with Crippen LogP contribution in [0.25, 0.3) is 0 Å². The Kier molecular flexibility index (Phi) is 6.07. The first-order valence-corrected chi connectivity index (χ1v) is 6.20. The molecule has 0 atom stereocenters. The maximum absolute atomic E-state index is 11.7. The van der Waals surface area contributed by atoms with Gasteiger partial charge in [0.05, 0.1) is 13.0 Å². The van der Waals surface area contributed by atoms with Crippen LogP contribution in [0.3, 0.4) is 0 Å². The van der Waals surface area contributed by atoms with Crippen molar-refractivity contribution in [3.63, 3.8) is 0 Å². The lowest BCUT2D eigenvalue weighted by atomic mass is 10.3. The van der Waals surface area contributed by atoms with Crippen molar-refractivity contribution in [3.05, 3.63) is 0 Å². The summed E-state index contributed by atoms with van der Waals surface area (Å²) in [4.78, 5) is 36.8. The molecule has 0 aromatic heterocycles. The second kappa shape index (κ2) is 7.57. The lowest BCUT2D eigenvalue weighted by Gasteiger charge is -2.34. The van der Waals surface area contributed by atoms with E-state index in [2.05, 4.69) is 10.6 Å². The van der Waals surface area contributed by atoms with E-state index in [0.29, 0.717) is 32.7 Å². The van der Waals surface area contributed by atoms with Crippen molar-refractivity contribution < 1.29 is 19.5 Å². The van der Waals surface area contributed by atoms with Crippen molar-refractivity contribution in [2.45, 2.75) is 6.42 Å². The standard InChI is InChI=1S/C11H20N4O4/c1-12-9(16)8-13-11(19)15-6-4-14(5-7-15)3-2-10(17)18/h2-8H2,1H3,(H,12,16)(H,13,19)(H,17,18). The summed E-state index contributed by atoms with van der Waals surface area (Å²) in [7, 11) is 1.51. The van der Waals surface area contributed by atoms with Crippen molar-refractivity contribution in [1.82, 2.24) is 20.4 Å². The molecule has 1 aliphatic rings. The summed E-state index contributed by atoms with van der Waals surface area (Å²) in [5, 5.41) is 13.5. The fraction of sp³-hybridized carbons (Fsp3) is 0.727. The first-order valence-electron chi connectivity index (χ1n) is 6.20. The summed E-state index contributed by atoms with van der Waals surface area (Å²) in [6.45, 7) is 2.86. The van der Waals surface area contributed by atoms with Crippen LogP contribution in [0.15, 0.2) is 0 Å². The third-order valence-electron chi connectivity index (χ3n) is 2.98. The Morgan fingerprint density at radius 2 is 1.79 bits per heavy atom. The molecule has 108 valence electrons. The predicted octanol–water partition coefficient (Wildman–Crippen LogP) is -1.47. The number of nitrogens with zero attached hydrogens (tertiary/aromatic N) is 2. The molecule has 0 spiro atoms. The van der Waals surface area contributed by atoms with E-state index in [0.717, 1.165) is 0 Å². The highest BCUT2D eigenvalue weighted by molar-refractivity contribution is 5.83. The number of amides is 3. The van der Waals surface area contributed by atoms with Crippen LogP contribution in [0, 0.1) is 0 Å². The first-order chi connectivity index (χ1) is 9.02. The van der Waals surface area contributed by atoms with Crippen molar-refractivity contribution in [2.75, 3.05) is 46.3 Å². The van der Waals surface area contributed by atoms with E-state index in [-0.39, 0.29) is 24.9 Å². The molecule has 19 heavy (non-hydrogen) atoms. The van der Waals surface area contributed by atoms with Crippen LogP contribution in [0.5, 0.6) is 0 Å². The molecule has 0 radical (unpaired) electrons. The summed E-state index contributed by atoms with van der Waals surface area (Å²) < 4.78 is 0. The number of hydrogen-bond acceptors (Lipinski definition) is 4. The monoisotopic (exact) mass is 272 g/mol. The number of carboxylic acids is 1. The smallest absolute Gasteiger partial charge is 0.317 e. The van der Waals surface area contributed by atoms with E-state index < -0.39 is 5.97 Å². The fourth-order valence-corrected chi connectivity index (χ4v) is 1.78. The highest BCUT2D eigenvalue weighted by Gasteiger charge is 2.21. The zero-order chi connectivity index (χ0) is 14.3. The number of piperazine rings is 1. The summed E-state index contributed by atoms with van der Waals surface area (Å²) >= 11 is 0. The number of carbonyl (C=O) groups is 3. The van der Waals surface area contributed by atoms with Crippen molar-refractivity contribution >= 4 is 17.9 Å². The molecule has 8 nitrogen and oxygen atoms in total. The van der Waals surface area contributed by atoms with Crippen molar-refractivity contribution in [2.24, 2.45) is 0 Å². The van der Waals surface area contributed by atoms with E-state index in [4.69, 9.17) is 5.11 Å². The van der Waals surface area contributed by atoms with E-state index in [1.807, 2.05) is 4.90 Å². The number of rotatable bonds is 5. The molecular weight excluding hydrogens is 252 g/mol. The maximum Gasteiger partial charge on any atom is 0.317 e. The molecule has 1 rings (SSSR count). The first kappa shape index (κ1) is 15.2. The molecular formula is C11H20N4O4. The highest BCUT2D eigenvalue weighted by atomic mass is 16.4. The lowest BCUT2D eigenvalue weighted by molar-refractivity contribution is -0.137. The van der Waals surface area contributed by atoms with Gasteiger partial charge in [-0.3, -0.25) is 14.5 Å². The predicted molar refractivity (Wildman–Crippen MR) is 67.7 cm³/mol. The van der Waals surface area contributed by atoms with Gasteiger partial charge in [0.1, 0.15) is 0 Å². The van der Waals surface area contributed by atoms with Crippen molar-refractivity contribution in [1.29, 1.82) is 0 Å². The third-order valence-corrected chi connectivity index (χ3v) is 2.98. The van der Waals surface area contributed by atoms with Gasteiger partial charge in [0.25, 0.3) is 0 Å². The molecule has 0 aromatic rings. The molecule has 0 unspecified atom stereocenters. The van der Waals surface area contributed by atoms with Crippen LogP contribution >= 0.6 is 0 Å². The number of urea groups is 1. The van der Waals surface area contributed by atoms with E-state index in [1.165, 1.54) is 7.05 Å². The highest BCUT2D eigenvalue weighted by Crippen LogP contribution is 2.02. The summed E-state index contributed by atoms with van der Waals surface area (Å²) in [6, 6.07) is -0.263. The van der Waals surface area contributed by atoms with Gasteiger partial charge in [0, 0.05) is 39.8 Å². The van der Waals surface area contributed by atoms with E-state index in [1.54, 1.807) is 4.90 Å². The van der Waals surface area contributed by atoms with Gasteiger partial charge in [-0.15, -0.1) is 0 Å². The minimum absolute atomic E-state index is 0.0332. The topological polar surface area (TPSA) is 102 Å². The summed E-state index contributed by atoms with van der Waals surface area (Å²) in [5.41, 5.74) is 0. The van der Waals surface area contributed by atoms with Gasteiger partial charge in [-0.25, -0.2) is 4.79 Å². The number of aliphatic carboxylic acids is 1. The van der Waals surface area contributed by atoms with Gasteiger partial charge in [-0.1, -0.05) is 0 Å². The van der Waals surface area contributed by atoms with Gasteiger partial charge in [-0.05, 0) is 0 Å². The normalized spacial score (nSPS) is 15.9. The second-order valence-electron chi connectivity index (χ2n) is 4.30. The number of hydrogen-bond donors (Lipinski definition) is 3. The Labute approximate surface area is 111 Å². The average Bonchev–Trinajstić information content (AvgIpc) is 2.42. The summed E-state index contributed by atoms with van der Waals surface area (Å²) in [5.74, 6) is -1.06. The quantitative estimate of drug-likeness (QED) is 0.567. The van der Waals surface area contributed by atoms with E-state index in [9.17, 15) is 14.4 Å². The number of carboxylic acid groups (broad SMARTS) is 1.